The van der Waals surface area contributed by atoms with Gasteiger partial charge >= 0.3 is 5.97 Å². The molecular weight excluding hydrogens is 186 g/mol. The molecule has 0 bridgehead atoms. The van der Waals surface area contributed by atoms with Crippen LogP contribution in [0.2, 0.25) is 0 Å². The Morgan fingerprint density at radius 2 is 2.29 bits per heavy atom. The largest absolute Gasteiger partial charge is 0.476 e. The fourth-order valence-electron chi connectivity index (χ4n) is 0.347. The first-order valence-corrected chi connectivity index (χ1v) is 3.52. The third kappa shape index (κ3) is 7.23. The standard InChI is InChI=1S/C8H15N3O3/c1-11(2)10-6-9-5-3-4-7(12)8(13)14/h6H,3-5H2,1-2H3,(H,9,10)(H,13,14)/i3D2,4D2,5D2. The summed E-state index contributed by atoms with van der Waals surface area (Å²) < 4.78 is 44.2. The second-order valence-corrected chi connectivity index (χ2v) is 2.28. The monoisotopic (exact) mass is 207 g/mol. The van der Waals surface area contributed by atoms with Crippen molar-refractivity contribution in [3.63, 3.8) is 0 Å². The van der Waals surface area contributed by atoms with Gasteiger partial charge in [-0.25, -0.2) is 9.80 Å². The number of nitrogens with zero attached hydrogens (tertiary/aromatic N) is 2. The molecule has 0 saturated heterocycles. The van der Waals surface area contributed by atoms with Gasteiger partial charge in [0.2, 0.25) is 5.78 Å². The Balaban J connectivity index is 5.43. The summed E-state index contributed by atoms with van der Waals surface area (Å²) in [7, 11) is 3.09. The highest BCUT2D eigenvalue weighted by molar-refractivity contribution is 6.32. The summed E-state index contributed by atoms with van der Waals surface area (Å²) in [6.45, 7) is -3.16. The molecule has 0 aromatic rings. The average molecular weight is 207 g/mol. The number of rotatable bonds is 7. The number of carbonyl (C=O) groups is 2. The third-order valence-electron chi connectivity index (χ3n) is 0.871. The Bertz CT molecular complexity index is 424. The van der Waals surface area contributed by atoms with Crippen LogP contribution in [0.1, 0.15) is 21.0 Å². The van der Waals surface area contributed by atoms with E-state index < -0.39 is 31.0 Å². The Labute approximate surface area is 91.0 Å². The number of ketones is 1. The van der Waals surface area contributed by atoms with Crippen LogP contribution in [0.5, 0.6) is 0 Å². The molecule has 0 aliphatic heterocycles. The molecule has 0 aromatic heterocycles. The molecule has 0 unspecified atom stereocenters. The zero-order valence-electron chi connectivity index (χ0n) is 13.7. The molecule has 6 heteroatoms. The Morgan fingerprint density at radius 1 is 1.64 bits per heavy atom. The van der Waals surface area contributed by atoms with Crippen molar-refractivity contribution in [2.75, 3.05) is 20.6 Å². The zero-order valence-corrected chi connectivity index (χ0v) is 7.74. The Hall–Kier alpha value is -1.43. The van der Waals surface area contributed by atoms with Crippen molar-refractivity contribution in [2.45, 2.75) is 12.7 Å². The molecule has 0 atom stereocenters. The first kappa shape index (κ1) is 5.45. The quantitative estimate of drug-likeness (QED) is 0.255. The van der Waals surface area contributed by atoms with Crippen LogP contribution in [-0.2, 0) is 9.59 Å². The highest BCUT2D eigenvalue weighted by Gasteiger charge is 2.09. The smallest absolute Gasteiger partial charge is 0.372 e. The molecule has 0 aliphatic rings. The topological polar surface area (TPSA) is 82.0 Å². The molecule has 0 fully saturated rings. The number of hydrogen-bond acceptors (Lipinski definition) is 4. The Morgan fingerprint density at radius 3 is 2.79 bits per heavy atom. The van der Waals surface area contributed by atoms with Crippen molar-refractivity contribution in [1.82, 2.24) is 10.4 Å². The lowest BCUT2D eigenvalue weighted by atomic mass is 10.2. The minimum Gasteiger partial charge on any atom is -0.476 e. The van der Waals surface area contributed by atoms with Crippen LogP contribution in [0, 0.1) is 0 Å². The van der Waals surface area contributed by atoms with E-state index in [0.29, 0.717) is 0 Å². The maximum Gasteiger partial charge on any atom is 0.372 e. The number of aliphatic imine (C=N–C) groups is 1. The third-order valence-corrected chi connectivity index (χ3v) is 0.871. The van der Waals surface area contributed by atoms with Gasteiger partial charge in [0.15, 0.2) is 0 Å². The normalized spacial score (nSPS) is 20.2. The van der Waals surface area contributed by atoms with Crippen molar-refractivity contribution in [1.29, 1.82) is 0 Å². The predicted octanol–water partition coefficient (Wildman–Crippen LogP) is -0.485. The van der Waals surface area contributed by atoms with Gasteiger partial charge in [-0.05, 0) is 6.37 Å². The van der Waals surface area contributed by atoms with E-state index >= 15 is 0 Å². The second kappa shape index (κ2) is 7.02. The van der Waals surface area contributed by atoms with E-state index in [1.165, 1.54) is 5.01 Å². The van der Waals surface area contributed by atoms with Gasteiger partial charge in [0, 0.05) is 32.4 Å². The van der Waals surface area contributed by atoms with Crippen LogP contribution in [0.25, 0.3) is 0 Å². The average Bonchev–Trinajstić information content (AvgIpc) is 2.26. The fraction of sp³-hybridized carbons (Fsp3) is 0.625. The van der Waals surface area contributed by atoms with Gasteiger partial charge in [-0.3, -0.25) is 9.79 Å². The van der Waals surface area contributed by atoms with Gasteiger partial charge in [0.05, 0.1) is 9.08 Å². The maximum atomic E-state index is 11.2. The summed E-state index contributed by atoms with van der Waals surface area (Å²) in [6, 6.07) is 0. The van der Waals surface area contributed by atoms with E-state index in [0.717, 1.165) is 6.34 Å². The van der Waals surface area contributed by atoms with Gasteiger partial charge in [-0.15, -0.1) is 0 Å². The van der Waals surface area contributed by atoms with Crippen molar-refractivity contribution in [2.24, 2.45) is 4.99 Å². The number of Topliss-reactive ketones (excluding diaryl/α,β-unsaturated/α-hetero) is 1. The molecule has 0 radical (unpaired) electrons. The molecular formula is C8H15N3O3. The summed E-state index contributed by atoms with van der Waals surface area (Å²) in [5, 5.41) is 9.81. The molecule has 6 nitrogen and oxygen atoms in total. The minimum absolute atomic E-state index is 0.777. The summed E-state index contributed by atoms with van der Waals surface area (Å²) >= 11 is 0. The molecule has 0 heterocycles. The minimum atomic E-state index is -3.59. The molecule has 2 N–H and O–H groups in total. The van der Waals surface area contributed by atoms with E-state index in [4.69, 9.17) is 13.3 Å². The van der Waals surface area contributed by atoms with Gasteiger partial charge in [0.1, 0.15) is 0 Å². The number of hydrogen-bond donors (Lipinski definition) is 2. The first-order chi connectivity index (χ1) is 8.77. The molecule has 0 amide bonds. The van der Waals surface area contributed by atoms with Crippen LogP contribution < -0.4 is 5.43 Å². The Kier molecular flexibility index (Phi) is 2.73. The van der Waals surface area contributed by atoms with Crippen LogP contribution in [0.4, 0.5) is 0 Å². The van der Waals surface area contributed by atoms with Gasteiger partial charge < -0.3 is 10.5 Å². The van der Waals surface area contributed by atoms with E-state index in [9.17, 15) is 9.59 Å². The molecule has 14 heavy (non-hydrogen) atoms. The summed E-state index contributed by atoms with van der Waals surface area (Å²) in [6.07, 6.45) is -6.29. The highest BCUT2D eigenvalue weighted by atomic mass is 16.4. The summed E-state index contributed by atoms with van der Waals surface area (Å²) in [5.74, 6) is -4.27. The molecule has 80 valence electrons. The lowest BCUT2D eigenvalue weighted by molar-refractivity contribution is -0.149. The lowest BCUT2D eigenvalue weighted by Gasteiger charge is -2.06. The van der Waals surface area contributed by atoms with Crippen LogP contribution in [0.15, 0.2) is 4.99 Å². The zero-order chi connectivity index (χ0) is 16.4. The number of hydrazine groups is 1. The molecule has 0 rings (SSSR count). The van der Waals surface area contributed by atoms with E-state index in [1.807, 2.05) is 0 Å². The maximum absolute atomic E-state index is 11.2. The van der Waals surface area contributed by atoms with Crippen molar-refractivity contribution >= 4 is 18.1 Å². The lowest BCUT2D eigenvalue weighted by Crippen LogP contribution is -2.28. The first-order valence-electron chi connectivity index (χ1n) is 6.52. The van der Waals surface area contributed by atoms with Crippen LogP contribution in [0.3, 0.4) is 0 Å². The fourth-order valence-corrected chi connectivity index (χ4v) is 0.347. The van der Waals surface area contributed by atoms with Crippen LogP contribution in [-0.4, -0.2) is 48.8 Å². The number of carbonyl (C=O) groups excluding carboxylic acids is 1. The number of aliphatic carboxylic acids is 1. The van der Waals surface area contributed by atoms with Gasteiger partial charge in [0.25, 0.3) is 0 Å². The van der Waals surface area contributed by atoms with Gasteiger partial charge in [-0.2, -0.15) is 0 Å². The molecule has 0 saturated carbocycles. The number of carboxylic acids is 1. The summed E-state index contributed by atoms with van der Waals surface area (Å²) in [5.41, 5.74) is 2.39. The number of nitrogens with one attached hydrogen (secondary N) is 1. The second-order valence-electron chi connectivity index (χ2n) is 2.28. The van der Waals surface area contributed by atoms with Crippen LogP contribution >= 0.6 is 0 Å². The van der Waals surface area contributed by atoms with Gasteiger partial charge in [-0.1, -0.05) is 0 Å². The number of carboxylic acid groups (broad SMARTS) is 1. The SMILES string of the molecule is [2H]C([2H])(N=CNN(C)C)C([2H])([2H])C([2H])([2H])C(=O)C(=O)O. The van der Waals surface area contributed by atoms with E-state index in [-0.39, 0.29) is 0 Å². The molecule has 0 aliphatic carbocycles. The van der Waals surface area contributed by atoms with Crippen molar-refractivity contribution in [3.8, 4) is 0 Å². The van der Waals surface area contributed by atoms with Crippen molar-refractivity contribution in [3.05, 3.63) is 0 Å². The predicted molar refractivity (Wildman–Crippen MR) is 52.1 cm³/mol. The van der Waals surface area contributed by atoms with E-state index in [1.54, 1.807) is 14.1 Å². The summed E-state index contributed by atoms with van der Waals surface area (Å²) in [4.78, 5) is 24.8. The van der Waals surface area contributed by atoms with Crippen molar-refractivity contribution < 1.29 is 22.9 Å². The molecule has 0 spiro atoms. The highest BCUT2D eigenvalue weighted by Crippen LogP contribution is 1.91. The molecule has 0 aromatic carbocycles. The van der Waals surface area contributed by atoms with E-state index in [2.05, 4.69) is 10.4 Å².